The highest BCUT2D eigenvalue weighted by atomic mass is 16.5. The largest absolute Gasteiger partial charge is 0.386 e. The maximum atomic E-state index is 9.68. The molecule has 0 aromatic carbocycles. The number of aryl methyl sites for hydroxylation is 1. The summed E-state index contributed by atoms with van der Waals surface area (Å²) in [4.78, 5) is 10.7. The van der Waals surface area contributed by atoms with Crippen molar-refractivity contribution in [3.63, 3.8) is 0 Å². The van der Waals surface area contributed by atoms with E-state index in [1.807, 2.05) is 24.8 Å². The van der Waals surface area contributed by atoms with Crippen LogP contribution in [0, 0.1) is 6.92 Å². The van der Waals surface area contributed by atoms with E-state index >= 15 is 0 Å². The van der Waals surface area contributed by atoms with E-state index in [1.54, 1.807) is 7.11 Å². The second-order valence-corrected chi connectivity index (χ2v) is 4.57. The fourth-order valence-electron chi connectivity index (χ4n) is 1.91. The normalized spacial score (nSPS) is 18.4. The van der Waals surface area contributed by atoms with Gasteiger partial charge in [0.25, 0.3) is 0 Å². The zero-order chi connectivity index (χ0) is 11.8. The Morgan fingerprint density at radius 2 is 2.19 bits per heavy atom. The van der Waals surface area contributed by atoms with E-state index in [9.17, 15) is 5.11 Å². The maximum Gasteiger partial charge on any atom is 0.156 e. The molecule has 2 rings (SSSR count). The van der Waals surface area contributed by atoms with Gasteiger partial charge in [-0.05, 0) is 13.8 Å². The van der Waals surface area contributed by atoms with E-state index < -0.39 is 5.60 Å². The Kier molecular flexibility index (Phi) is 2.82. The fourth-order valence-corrected chi connectivity index (χ4v) is 1.91. The van der Waals surface area contributed by atoms with Gasteiger partial charge in [0.2, 0.25) is 0 Å². The van der Waals surface area contributed by atoms with Gasteiger partial charge in [0.15, 0.2) is 5.82 Å². The van der Waals surface area contributed by atoms with Crippen molar-refractivity contribution in [1.82, 2.24) is 9.97 Å². The summed E-state index contributed by atoms with van der Waals surface area (Å²) in [5.74, 6) is 1.55. The zero-order valence-corrected chi connectivity index (χ0v) is 9.90. The number of aromatic nitrogens is 2. The number of anilines is 1. The maximum absolute atomic E-state index is 9.68. The molecule has 1 aromatic heterocycles. The van der Waals surface area contributed by atoms with Crippen LogP contribution in [0.3, 0.4) is 0 Å². The number of ether oxygens (including phenoxy) is 1. The average Bonchev–Trinajstić information content (AvgIpc) is 2.13. The molecule has 1 saturated heterocycles. The molecule has 2 heterocycles. The minimum Gasteiger partial charge on any atom is -0.386 e. The molecule has 0 bridgehead atoms. The summed E-state index contributed by atoms with van der Waals surface area (Å²) in [6, 6.07) is 1.92. The quantitative estimate of drug-likeness (QED) is 0.808. The van der Waals surface area contributed by atoms with Crippen LogP contribution in [-0.2, 0) is 11.3 Å². The second-order valence-electron chi connectivity index (χ2n) is 4.57. The van der Waals surface area contributed by atoms with Crippen molar-refractivity contribution >= 4 is 5.82 Å². The van der Waals surface area contributed by atoms with E-state index in [0.29, 0.717) is 25.5 Å². The molecule has 1 aliphatic heterocycles. The van der Waals surface area contributed by atoms with Crippen LogP contribution in [0.2, 0.25) is 0 Å². The van der Waals surface area contributed by atoms with Crippen molar-refractivity contribution in [1.29, 1.82) is 0 Å². The molecule has 0 aliphatic carbocycles. The predicted octanol–water partition coefficient (Wildman–Crippen LogP) is 0.502. The highest BCUT2D eigenvalue weighted by molar-refractivity contribution is 5.44. The second kappa shape index (κ2) is 3.99. The molecule has 1 N–H and O–H groups in total. The summed E-state index contributed by atoms with van der Waals surface area (Å²) in [5, 5.41) is 9.68. The predicted molar refractivity (Wildman–Crippen MR) is 60.3 cm³/mol. The van der Waals surface area contributed by atoms with Crippen molar-refractivity contribution in [3.05, 3.63) is 17.6 Å². The monoisotopic (exact) mass is 223 g/mol. The summed E-state index contributed by atoms with van der Waals surface area (Å²) in [7, 11) is 1.62. The number of nitrogens with zero attached hydrogens (tertiary/aromatic N) is 3. The van der Waals surface area contributed by atoms with Crippen LogP contribution in [0.1, 0.15) is 18.4 Å². The number of aliphatic hydroxyl groups is 1. The Morgan fingerprint density at radius 3 is 2.75 bits per heavy atom. The van der Waals surface area contributed by atoms with Gasteiger partial charge >= 0.3 is 0 Å². The van der Waals surface area contributed by atoms with Crippen molar-refractivity contribution in [2.75, 3.05) is 25.1 Å². The molecular formula is C11H17N3O2. The Bertz CT molecular complexity index is 385. The molecule has 0 spiro atoms. The summed E-state index contributed by atoms with van der Waals surface area (Å²) < 4.78 is 5.02. The average molecular weight is 223 g/mol. The molecule has 0 saturated carbocycles. The summed E-state index contributed by atoms with van der Waals surface area (Å²) >= 11 is 0. The highest BCUT2D eigenvalue weighted by Gasteiger charge is 2.37. The first-order valence-electron chi connectivity index (χ1n) is 5.31. The first kappa shape index (κ1) is 11.3. The first-order valence-corrected chi connectivity index (χ1v) is 5.31. The summed E-state index contributed by atoms with van der Waals surface area (Å²) in [6.07, 6.45) is 0. The van der Waals surface area contributed by atoms with Gasteiger partial charge in [-0.1, -0.05) is 0 Å². The minimum absolute atomic E-state index is 0.416. The fraction of sp³-hybridized carbons (Fsp3) is 0.636. The molecular weight excluding hydrogens is 206 g/mol. The van der Waals surface area contributed by atoms with Crippen LogP contribution in [0.5, 0.6) is 0 Å². The lowest BCUT2D eigenvalue weighted by Gasteiger charge is -2.45. The Morgan fingerprint density at radius 1 is 1.50 bits per heavy atom. The zero-order valence-electron chi connectivity index (χ0n) is 9.90. The Balaban J connectivity index is 2.15. The molecule has 88 valence electrons. The number of hydrogen-bond donors (Lipinski definition) is 1. The van der Waals surface area contributed by atoms with Crippen LogP contribution in [0.25, 0.3) is 0 Å². The van der Waals surface area contributed by atoms with Gasteiger partial charge in [-0.15, -0.1) is 0 Å². The third-order valence-corrected chi connectivity index (χ3v) is 2.55. The SMILES string of the molecule is COCc1nc(C)cc(N2CC(C)(O)C2)n1. The van der Waals surface area contributed by atoms with Crippen molar-refractivity contribution < 1.29 is 9.84 Å². The Hall–Kier alpha value is -1.20. The lowest BCUT2D eigenvalue weighted by molar-refractivity contribution is 0.0304. The van der Waals surface area contributed by atoms with E-state index in [-0.39, 0.29) is 0 Å². The lowest BCUT2D eigenvalue weighted by Crippen LogP contribution is -2.60. The van der Waals surface area contributed by atoms with Crippen LogP contribution >= 0.6 is 0 Å². The molecule has 16 heavy (non-hydrogen) atoms. The minimum atomic E-state index is -0.583. The van der Waals surface area contributed by atoms with Gasteiger partial charge in [0.1, 0.15) is 12.4 Å². The number of β-amino-alcohol motifs (C(OH)–C–C–N with tert-alkyl or cyclic N) is 1. The van der Waals surface area contributed by atoms with Gasteiger partial charge in [0, 0.05) is 32.0 Å². The van der Waals surface area contributed by atoms with Crippen LogP contribution in [0.15, 0.2) is 6.07 Å². The van der Waals surface area contributed by atoms with Crippen molar-refractivity contribution in [3.8, 4) is 0 Å². The standard InChI is InChI=1S/C11H17N3O2/c1-8-4-10(13-9(12-8)5-16-3)14-6-11(2,15)7-14/h4,15H,5-7H2,1-3H3. The molecule has 1 aliphatic rings. The van der Waals surface area contributed by atoms with E-state index in [2.05, 4.69) is 9.97 Å². The van der Waals surface area contributed by atoms with E-state index in [4.69, 9.17) is 4.74 Å². The molecule has 5 nitrogen and oxygen atoms in total. The number of hydrogen-bond acceptors (Lipinski definition) is 5. The molecule has 0 unspecified atom stereocenters. The number of methoxy groups -OCH3 is 1. The van der Waals surface area contributed by atoms with Crippen LogP contribution in [0.4, 0.5) is 5.82 Å². The van der Waals surface area contributed by atoms with Gasteiger partial charge in [-0.3, -0.25) is 0 Å². The Labute approximate surface area is 95.1 Å². The molecule has 1 fully saturated rings. The molecule has 0 amide bonds. The van der Waals surface area contributed by atoms with Crippen LogP contribution in [-0.4, -0.2) is 40.9 Å². The third kappa shape index (κ3) is 2.31. The summed E-state index contributed by atoms with van der Waals surface area (Å²) in [5.41, 5.74) is 0.337. The van der Waals surface area contributed by atoms with Gasteiger partial charge in [-0.2, -0.15) is 0 Å². The molecule has 0 atom stereocenters. The van der Waals surface area contributed by atoms with Crippen molar-refractivity contribution in [2.45, 2.75) is 26.1 Å². The number of rotatable bonds is 3. The van der Waals surface area contributed by atoms with Gasteiger partial charge in [0.05, 0.1) is 5.60 Å². The third-order valence-electron chi connectivity index (χ3n) is 2.55. The molecule has 5 heteroatoms. The van der Waals surface area contributed by atoms with Gasteiger partial charge in [-0.25, -0.2) is 9.97 Å². The lowest BCUT2D eigenvalue weighted by atomic mass is 9.97. The van der Waals surface area contributed by atoms with Crippen molar-refractivity contribution in [2.24, 2.45) is 0 Å². The first-order chi connectivity index (χ1) is 7.50. The molecule has 0 radical (unpaired) electrons. The summed E-state index contributed by atoms with van der Waals surface area (Å²) in [6.45, 7) is 5.42. The smallest absolute Gasteiger partial charge is 0.156 e. The molecule has 1 aromatic rings. The topological polar surface area (TPSA) is 58.5 Å². The van der Waals surface area contributed by atoms with E-state index in [0.717, 1.165) is 11.5 Å². The van der Waals surface area contributed by atoms with Gasteiger partial charge < -0.3 is 14.7 Å². The highest BCUT2D eigenvalue weighted by Crippen LogP contribution is 2.25. The van der Waals surface area contributed by atoms with E-state index in [1.165, 1.54) is 0 Å². The van der Waals surface area contributed by atoms with Crippen LogP contribution < -0.4 is 4.90 Å².